The second-order valence-electron chi connectivity index (χ2n) is 4.46. The van der Waals surface area contributed by atoms with Crippen molar-refractivity contribution in [1.29, 1.82) is 0 Å². The smallest absolute Gasteiger partial charge is 0.153 e. The molecule has 1 N–H and O–H groups in total. The van der Waals surface area contributed by atoms with Crippen LogP contribution in [0, 0.1) is 0 Å². The van der Waals surface area contributed by atoms with Gasteiger partial charge in [-0.25, -0.2) is 8.42 Å². The van der Waals surface area contributed by atoms with E-state index >= 15 is 0 Å². The third-order valence-electron chi connectivity index (χ3n) is 2.59. The standard InChI is InChI=1S/C11H18N2O2S/c1-11(2,16(3,14)15)9-12-8-10-6-4-5-7-13-10/h4-7,12H,8-9H2,1-3H3. The molecule has 0 bridgehead atoms. The van der Waals surface area contributed by atoms with Crippen molar-refractivity contribution in [2.45, 2.75) is 25.1 Å². The Labute approximate surface area is 97.0 Å². The maximum Gasteiger partial charge on any atom is 0.153 e. The highest BCUT2D eigenvalue weighted by Gasteiger charge is 2.29. The molecule has 1 aromatic heterocycles. The van der Waals surface area contributed by atoms with Gasteiger partial charge in [-0.2, -0.15) is 0 Å². The number of nitrogens with one attached hydrogen (secondary N) is 1. The molecular weight excluding hydrogens is 224 g/mol. The van der Waals surface area contributed by atoms with Crippen LogP contribution in [0.4, 0.5) is 0 Å². The van der Waals surface area contributed by atoms with E-state index in [-0.39, 0.29) is 0 Å². The summed E-state index contributed by atoms with van der Waals surface area (Å²) in [5, 5.41) is 3.11. The number of nitrogens with zero attached hydrogens (tertiary/aromatic N) is 1. The van der Waals surface area contributed by atoms with E-state index in [1.54, 1.807) is 20.0 Å². The lowest BCUT2D eigenvalue weighted by Crippen LogP contribution is -2.41. The highest BCUT2D eigenvalue weighted by molar-refractivity contribution is 7.92. The second-order valence-corrected chi connectivity index (χ2v) is 7.11. The van der Waals surface area contributed by atoms with E-state index < -0.39 is 14.6 Å². The molecule has 0 aliphatic rings. The number of hydrogen-bond donors (Lipinski definition) is 1. The van der Waals surface area contributed by atoms with Crippen molar-refractivity contribution in [1.82, 2.24) is 10.3 Å². The Balaban J connectivity index is 2.48. The molecule has 1 heterocycles. The topological polar surface area (TPSA) is 59.1 Å². The molecule has 0 spiro atoms. The lowest BCUT2D eigenvalue weighted by atomic mass is 10.2. The van der Waals surface area contributed by atoms with Crippen LogP contribution in [0.1, 0.15) is 19.5 Å². The van der Waals surface area contributed by atoms with Crippen LogP contribution in [0.25, 0.3) is 0 Å². The van der Waals surface area contributed by atoms with Gasteiger partial charge in [0, 0.05) is 25.5 Å². The fraction of sp³-hybridized carbons (Fsp3) is 0.545. The van der Waals surface area contributed by atoms with Gasteiger partial charge in [0.25, 0.3) is 0 Å². The van der Waals surface area contributed by atoms with E-state index in [2.05, 4.69) is 10.3 Å². The van der Waals surface area contributed by atoms with Crippen molar-refractivity contribution in [3.05, 3.63) is 30.1 Å². The van der Waals surface area contributed by atoms with Crippen LogP contribution in [0.5, 0.6) is 0 Å². The molecular formula is C11H18N2O2S. The first kappa shape index (κ1) is 13.1. The molecule has 90 valence electrons. The number of aromatic nitrogens is 1. The minimum atomic E-state index is -3.04. The summed E-state index contributed by atoms with van der Waals surface area (Å²) < 4.78 is 22.1. The van der Waals surface area contributed by atoms with Gasteiger partial charge < -0.3 is 5.32 Å². The highest BCUT2D eigenvalue weighted by atomic mass is 32.2. The van der Waals surface area contributed by atoms with Gasteiger partial charge >= 0.3 is 0 Å². The summed E-state index contributed by atoms with van der Waals surface area (Å²) in [7, 11) is -3.04. The Kier molecular flexibility index (Phi) is 4.04. The Morgan fingerprint density at radius 1 is 1.38 bits per heavy atom. The molecule has 1 aromatic rings. The van der Waals surface area contributed by atoms with Gasteiger partial charge in [0.15, 0.2) is 9.84 Å². The Morgan fingerprint density at radius 2 is 2.06 bits per heavy atom. The zero-order valence-electron chi connectivity index (χ0n) is 9.90. The van der Waals surface area contributed by atoms with Gasteiger partial charge in [-0.3, -0.25) is 4.98 Å². The van der Waals surface area contributed by atoms with Gasteiger partial charge in [0.1, 0.15) is 0 Å². The average Bonchev–Trinajstić information content (AvgIpc) is 2.17. The summed E-state index contributed by atoms with van der Waals surface area (Å²) >= 11 is 0. The van der Waals surface area contributed by atoms with Crippen LogP contribution in [0.2, 0.25) is 0 Å². The SMILES string of the molecule is CC(C)(CNCc1ccccn1)S(C)(=O)=O. The predicted octanol–water partition coefficient (Wildman–Crippen LogP) is 0.994. The van der Waals surface area contributed by atoms with Gasteiger partial charge in [0.05, 0.1) is 10.4 Å². The van der Waals surface area contributed by atoms with Crippen molar-refractivity contribution in [3.63, 3.8) is 0 Å². The third kappa shape index (κ3) is 3.57. The summed E-state index contributed by atoms with van der Waals surface area (Å²) in [6.45, 7) is 4.43. The van der Waals surface area contributed by atoms with Gasteiger partial charge in [-0.1, -0.05) is 6.07 Å². The summed E-state index contributed by atoms with van der Waals surface area (Å²) in [6, 6.07) is 5.66. The number of rotatable bonds is 5. The van der Waals surface area contributed by atoms with Crippen LogP contribution < -0.4 is 5.32 Å². The van der Waals surface area contributed by atoms with E-state index in [1.807, 2.05) is 18.2 Å². The third-order valence-corrected chi connectivity index (χ3v) is 4.74. The van der Waals surface area contributed by atoms with Crippen LogP contribution in [-0.2, 0) is 16.4 Å². The molecule has 0 atom stereocenters. The van der Waals surface area contributed by atoms with Gasteiger partial charge in [-0.15, -0.1) is 0 Å². The molecule has 16 heavy (non-hydrogen) atoms. The molecule has 0 aliphatic carbocycles. The molecule has 0 amide bonds. The number of pyridine rings is 1. The van der Waals surface area contributed by atoms with Crippen LogP contribution >= 0.6 is 0 Å². The van der Waals surface area contributed by atoms with Crippen molar-refractivity contribution in [2.24, 2.45) is 0 Å². The largest absolute Gasteiger partial charge is 0.310 e. The molecule has 0 radical (unpaired) electrons. The van der Waals surface area contributed by atoms with E-state index in [4.69, 9.17) is 0 Å². The van der Waals surface area contributed by atoms with E-state index in [0.29, 0.717) is 13.1 Å². The first-order valence-corrected chi connectivity index (χ1v) is 7.02. The lowest BCUT2D eigenvalue weighted by Gasteiger charge is -2.22. The maximum absolute atomic E-state index is 11.4. The first-order chi connectivity index (χ1) is 7.33. The molecule has 0 aromatic carbocycles. The fourth-order valence-corrected chi connectivity index (χ4v) is 1.49. The van der Waals surface area contributed by atoms with E-state index in [0.717, 1.165) is 5.69 Å². The second kappa shape index (κ2) is 4.93. The Bertz CT molecular complexity index is 427. The van der Waals surface area contributed by atoms with Crippen molar-refractivity contribution < 1.29 is 8.42 Å². The monoisotopic (exact) mass is 242 g/mol. The van der Waals surface area contributed by atoms with E-state index in [9.17, 15) is 8.42 Å². The highest BCUT2D eigenvalue weighted by Crippen LogP contribution is 2.13. The van der Waals surface area contributed by atoms with Crippen LogP contribution in [0.15, 0.2) is 24.4 Å². The molecule has 0 unspecified atom stereocenters. The van der Waals surface area contributed by atoms with Crippen LogP contribution in [-0.4, -0.2) is 30.9 Å². The van der Waals surface area contributed by atoms with Crippen molar-refractivity contribution in [3.8, 4) is 0 Å². The van der Waals surface area contributed by atoms with Gasteiger partial charge in [-0.05, 0) is 26.0 Å². The summed E-state index contributed by atoms with van der Waals surface area (Å²) in [6.07, 6.45) is 2.98. The minimum absolute atomic E-state index is 0.419. The number of hydrogen-bond acceptors (Lipinski definition) is 4. The molecule has 1 rings (SSSR count). The van der Waals surface area contributed by atoms with E-state index in [1.165, 1.54) is 6.26 Å². The average molecular weight is 242 g/mol. The van der Waals surface area contributed by atoms with Crippen molar-refractivity contribution >= 4 is 9.84 Å². The molecule has 0 saturated heterocycles. The first-order valence-electron chi connectivity index (χ1n) is 5.13. The summed E-state index contributed by atoms with van der Waals surface area (Å²) in [5.41, 5.74) is 0.909. The quantitative estimate of drug-likeness (QED) is 0.836. The maximum atomic E-state index is 11.4. The van der Waals surface area contributed by atoms with Crippen molar-refractivity contribution in [2.75, 3.05) is 12.8 Å². The van der Waals surface area contributed by atoms with Crippen LogP contribution in [0.3, 0.4) is 0 Å². The van der Waals surface area contributed by atoms with Gasteiger partial charge in [0.2, 0.25) is 0 Å². The number of sulfone groups is 1. The molecule has 0 aliphatic heterocycles. The minimum Gasteiger partial charge on any atom is -0.310 e. The Morgan fingerprint density at radius 3 is 2.56 bits per heavy atom. The summed E-state index contributed by atoms with van der Waals surface area (Å²) in [4.78, 5) is 4.15. The zero-order chi connectivity index (χ0) is 12.2. The summed E-state index contributed by atoms with van der Waals surface area (Å²) in [5.74, 6) is 0. The fourth-order valence-electron chi connectivity index (χ4n) is 1.13. The molecule has 0 saturated carbocycles. The Hall–Kier alpha value is -0.940. The molecule has 0 fully saturated rings. The normalized spacial score (nSPS) is 12.7. The molecule has 5 heteroatoms. The predicted molar refractivity (Wildman–Crippen MR) is 64.9 cm³/mol. The lowest BCUT2D eigenvalue weighted by molar-refractivity contribution is 0.519. The molecule has 4 nitrogen and oxygen atoms in total. The zero-order valence-corrected chi connectivity index (χ0v) is 10.7.